The van der Waals surface area contributed by atoms with Crippen molar-refractivity contribution >= 4 is 36.0 Å². The van der Waals surface area contributed by atoms with Crippen LogP contribution >= 0.6 is 24.0 Å². The van der Waals surface area contributed by atoms with E-state index >= 15 is 0 Å². The summed E-state index contributed by atoms with van der Waals surface area (Å²) >= 11 is 0. The molecule has 0 unspecified atom stereocenters. The molecule has 0 radical (unpaired) electrons. The van der Waals surface area contributed by atoms with Gasteiger partial charge in [-0.25, -0.2) is 4.79 Å². The summed E-state index contributed by atoms with van der Waals surface area (Å²) in [6.07, 6.45) is 5.39. The quantitative estimate of drug-likeness (QED) is 0.393. The molecule has 0 aliphatic carbocycles. The minimum Gasteiger partial charge on any atom is -0.453 e. The molecule has 1 fully saturated rings. The molecule has 0 saturated carbocycles. The Balaban J connectivity index is 0.00000312. The van der Waals surface area contributed by atoms with Gasteiger partial charge < -0.3 is 20.3 Å². The Morgan fingerprint density at radius 3 is 2.72 bits per heavy atom. The summed E-state index contributed by atoms with van der Waals surface area (Å²) in [6, 6.07) is 0.315. The standard InChI is InChI=1S/C16H28N6O2.HI/c1-4-17-15(18-7-10-22-12-13(2)11-19-22)20-14-5-8-21(9-6-14)16(23)24-3;/h11-12,14H,4-10H2,1-3H3,(H2,17,18,20);1H. The first kappa shape index (κ1) is 21.5. The van der Waals surface area contributed by atoms with E-state index in [1.165, 1.54) is 7.11 Å². The smallest absolute Gasteiger partial charge is 0.409 e. The molecular formula is C16H29IN6O2. The number of rotatable bonds is 5. The molecule has 1 aromatic rings. The maximum Gasteiger partial charge on any atom is 0.409 e. The van der Waals surface area contributed by atoms with Crippen molar-refractivity contribution < 1.29 is 9.53 Å². The number of aryl methyl sites for hydroxylation is 1. The zero-order valence-electron chi connectivity index (χ0n) is 15.2. The molecule has 9 heteroatoms. The molecule has 0 atom stereocenters. The van der Waals surface area contributed by atoms with Gasteiger partial charge in [-0.2, -0.15) is 5.10 Å². The second-order valence-electron chi connectivity index (χ2n) is 5.92. The maximum absolute atomic E-state index is 11.5. The molecule has 1 aliphatic rings. The number of carbonyl (C=O) groups is 1. The third-order valence-corrected chi connectivity index (χ3v) is 3.97. The van der Waals surface area contributed by atoms with Crippen LogP contribution in [0.5, 0.6) is 0 Å². The number of carbonyl (C=O) groups excluding carboxylic acids is 1. The number of amides is 1. The van der Waals surface area contributed by atoms with Crippen molar-refractivity contribution in [1.82, 2.24) is 25.3 Å². The second-order valence-corrected chi connectivity index (χ2v) is 5.92. The lowest BCUT2D eigenvalue weighted by Crippen LogP contribution is -2.49. The van der Waals surface area contributed by atoms with Crippen LogP contribution in [-0.4, -0.2) is 66.1 Å². The molecular weight excluding hydrogens is 435 g/mol. The van der Waals surface area contributed by atoms with Crippen LogP contribution in [0.3, 0.4) is 0 Å². The number of piperidine rings is 1. The van der Waals surface area contributed by atoms with Gasteiger partial charge in [-0.3, -0.25) is 9.67 Å². The summed E-state index contributed by atoms with van der Waals surface area (Å²) in [5.74, 6) is 0.817. The van der Waals surface area contributed by atoms with Crippen molar-refractivity contribution in [1.29, 1.82) is 0 Å². The van der Waals surface area contributed by atoms with Gasteiger partial charge in [0.05, 0.1) is 26.4 Å². The normalized spacial score (nSPS) is 15.5. The van der Waals surface area contributed by atoms with Crippen molar-refractivity contribution in [2.24, 2.45) is 4.99 Å². The van der Waals surface area contributed by atoms with Crippen LogP contribution in [0, 0.1) is 6.92 Å². The lowest BCUT2D eigenvalue weighted by atomic mass is 10.1. The van der Waals surface area contributed by atoms with Crippen molar-refractivity contribution in [3.05, 3.63) is 18.0 Å². The summed E-state index contributed by atoms with van der Waals surface area (Å²) in [5, 5.41) is 11.0. The molecule has 2 N–H and O–H groups in total. The van der Waals surface area contributed by atoms with Gasteiger partial charge in [0.25, 0.3) is 0 Å². The highest BCUT2D eigenvalue weighted by atomic mass is 127. The molecule has 0 bridgehead atoms. The van der Waals surface area contributed by atoms with Crippen LogP contribution in [0.15, 0.2) is 17.4 Å². The first-order chi connectivity index (χ1) is 11.6. The van der Waals surface area contributed by atoms with Gasteiger partial charge >= 0.3 is 6.09 Å². The average Bonchev–Trinajstić information content (AvgIpc) is 3.00. The molecule has 1 saturated heterocycles. The molecule has 1 aliphatic heterocycles. The fourth-order valence-electron chi connectivity index (χ4n) is 2.70. The van der Waals surface area contributed by atoms with Crippen molar-refractivity contribution in [3.63, 3.8) is 0 Å². The highest BCUT2D eigenvalue weighted by molar-refractivity contribution is 14.0. The van der Waals surface area contributed by atoms with Gasteiger partial charge in [0.15, 0.2) is 5.96 Å². The number of nitrogens with one attached hydrogen (secondary N) is 2. The van der Waals surface area contributed by atoms with Gasteiger partial charge in [-0.1, -0.05) is 0 Å². The van der Waals surface area contributed by atoms with Gasteiger partial charge in [-0.05, 0) is 32.3 Å². The Hall–Kier alpha value is -1.52. The number of guanidine groups is 1. The number of halogens is 1. The van der Waals surface area contributed by atoms with Gasteiger partial charge in [0.2, 0.25) is 0 Å². The molecule has 2 heterocycles. The fraction of sp³-hybridized carbons (Fsp3) is 0.688. The first-order valence-electron chi connectivity index (χ1n) is 8.49. The van der Waals surface area contributed by atoms with Crippen LogP contribution in [0.4, 0.5) is 4.79 Å². The molecule has 1 aromatic heterocycles. The lowest BCUT2D eigenvalue weighted by Gasteiger charge is -2.32. The van der Waals surface area contributed by atoms with E-state index in [9.17, 15) is 4.79 Å². The van der Waals surface area contributed by atoms with Gasteiger partial charge in [0.1, 0.15) is 0 Å². The monoisotopic (exact) mass is 464 g/mol. The predicted octanol–water partition coefficient (Wildman–Crippen LogP) is 1.60. The van der Waals surface area contributed by atoms with E-state index in [0.29, 0.717) is 25.7 Å². The van der Waals surface area contributed by atoms with Crippen LogP contribution in [-0.2, 0) is 11.3 Å². The van der Waals surface area contributed by atoms with Crippen molar-refractivity contribution in [3.8, 4) is 0 Å². The Morgan fingerprint density at radius 2 is 2.16 bits per heavy atom. The average molecular weight is 464 g/mol. The SMILES string of the molecule is CCNC(=NCCn1cc(C)cn1)NC1CCN(C(=O)OC)CC1.I. The Bertz CT molecular complexity index is 555. The molecule has 142 valence electrons. The largest absolute Gasteiger partial charge is 0.453 e. The van der Waals surface area contributed by atoms with E-state index in [-0.39, 0.29) is 30.1 Å². The first-order valence-corrected chi connectivity index (χ1v) is 8.49. The van der Waals surface area contributed by atoms with E-state index in [0.717, 1.165) is 37.5 Å². The summed E-state index contributed by atoms with van der Waals surface area (Å²) < 4.78 is 6.66. The van der Waals surface area contributed by atoms with E-state index in [2.05, 4.69) is 20.7 Å². The summed E-state index contributed by atoms with van der Waals surface area (Å²) in [6.45, 7) is 7.72. The topological polar surface area (TPSA) is 83.8 Å². The van der Waals surface area contributed by atoms with Crippen LogP contribution in [0.2, 0.25) is 0 Å². The Morgan fingerprint density at radius 1 is 1.44 bits per heavy atom. The number of hydrogen-bond acceptors (Lipinski definition) is 4. The highest BCUT2D eigenvalue weighted by Crippen LogP contribution is 2.11. The van der Waals surface area contributed by atoms with Gasteiger partial charge in [0, 0.05) is 31.9 Å². The molecule has 25 heavy (non-hydrogen) atoms. The molecule has 8 nitrogen and oxygen atoms in total. The minimum atomic E-state index is -0.247. The number of ether oxygens (including phenoxy) is 1. The third kappa shape index (κ3) is 7.09. The third-order valence-electron chi connectivity index (χ3n) is 3.97. The van der Waals surface area contributed by atoms with Crippen molar-refractivity contribution in [2.75, 3.05) is 33.3 Å². The molecule has 2 rings (SSSR count). The highest BCUT2D eigenvalue weighted by Gasteiger charge is 2.23. The van der Waals surface area contributed by atoms with Crippen LogP contribution in [0.1, 0.15) is 25.3 Å². The predicted molar refractivity (Wildman–Crippen MR) is 108 cm³/mol. The number of hydrogen-bond donors (Lipinski definition) is 2. The van der Waals surface area contributed by atoms with Gasteiger partial charge in [-0.15, -0.1) is 24.0 Å². The van der Waals surface area contributed by atoms with E-state index in [4.69, 9.17) is 4.74 Å². The van der Waals surface area contributed by atoms with Crippen LogP contribution < -0.4 is 10.6 Å². The Kier molecular flexibility index (Phi) is 9.61. The van der Waals surface area contributed by atoms with E-state index in [1.807, 2.05) is 30.9 Å². The zero-order valence-corrected chi connectivity index (χ0v) is 17.5. The van der Waals surface area contributed by atoms with E-state index < -0.39 is 0 Å². The maximum atomic E-state index is 11.5. The van der Waals surface area contributed by atoms with E-state index in [1.54, 1.807) is 4.90 Å². The molecule has 0 spiro atoms. The Labute approximate surface area is 166 Å². The number of likely N-dealkylation sites (tertiary alicyclic amines) is 1. The van der Waals surface area contributed by atoms with Crippen LogP contribution in [0.25, 0.3) is 0 Å². The molecule has 0 aromatic carbocycles. The number of nitrogens with zero attached hydrogens (tertiary/aromatic N) is 4. The van der Waals surface area contributed by atoms with Crippen molar-refractivity contribution in [2.45, 2.75) is 39.3 Å². The molecule has 1 amide bonds. The zero-order chi connectivity index (χ0) is 17.4. The number of aliphatic imine (C=N–C) groups is 1. The summed E-state index contributed by atoms with van der Waals surface area (Å²) in [7, 11) is 1.42. The fourth-order valence-corrected chi connectivity index (χ4v) is 2.70. The summed E-state index contributed by atoms with van der Waals surface area (Å²) in [4.78, 5) is 17.9. The lowest BCUT2D eigenvalue weighted by molar-refractivity contribution is 0.111. The summed E-state index contributed by atoms with van der Waals surface area (Å²) in [5.41, 5.74) is 1.15. The minimum absolute atomic E-state index is 0. The number of aromatic nitrogens is 2. The number of methoxy groups -OCH3 is 1. The second kappa shape index (κ2) is 11.2.